The van der Waals surface area contributed by atoms with Crippen LogP contribution in [0.25, 0.3) is 0 Å². The number of hydrogen-bond acceptors (Lipinski definition) is 4. The molecule has 3 rings (SSSR count). The van der Waals surface area contributed by atoms with Gasteiger partial charge in [0.05, 0.1) is 7.11 Å². The van der Waals surface area contributed by atoms with Crippen LogP contribution in [0, 0.1) is 0 Å². The molecule has 0 N–H and O–H groups in total. The maximum absolute atomic E-state index is 11.3. The van der Waals surface area contributed by atoms with E-state index in [1.54, 1.807) is 0 Å². The normalized spacial score (nSPS) is 39.6. The summed E-state index contributed by atoms with van der Waals surface area (Å²) in [6.07, 6.45) is 0. The summed E-state index contributed by atoms with van der Waals surface area (Å²) in [7, 11) is 1.46. The van der Waals surface area contributed by atoms with Gasteiger partial charge in [0.2, 0.25) is 0 Å². The Balaban J connectivity index is 2.03. The van der Waals surface area contributed by atoms with E-state index in [1.165, 1.54) is 7.11 Å². The Morgan fingerprint density at radius 1 is 1.33 bits per heavy atom. The molecule has 0 aromatic rings. The summed E-state index contributed by atoms with van der Waals surface area (Å²) in [6, 6.07) is -0.00231. The molecule has 2 bridgehead atoms. The lowest BCUT2D eigenvalue weighted by molar-refractivity contribution is -0.152. The number of rotatable bonds is 1. The lowest BCUT2D eigenvalue weighted by atomic mass is 10.1. The van der Waals surface area contributed by atoms with Crippen molar-refractivity contribution in [2.45, 2.75) is 6.04 Å². The molecule has 3 aliphatic heterocycles. The highest BCUT2D eigenvalue weighted by atomic mass is 16.5. The van der Waals surface area contributed by atoms with Gasteiger partial charge in [-0.15, -0.1) is 0 Å². The molecule has 0 aromatic carbocycles. The van der Waals surface area contributed by atoms with Gasteiger partial charge in [-0.3, -0.25) is 14.6 Å². The second-order valence-electron chi connectivity index (χ2n) is 3.38. The number of ether oxygens (including phenoxy) is 1. The summed E-state index contributed by atoms with van der Waals surface area (Å²) < 4.78 is 4.74. The predicted molar refractivity (Wildman–Crippen MR) is 43.8 cm³/mol. The quantitative estimate of drug-likeness (QED) is 0.480. The van der Waals surface area contributed by atoms with E-state index in [0.29, 0.717) is 0 Å². The van der Waals surface area contributed by atoms with E-state index in [0.717, 1.165) is 32.7 Å². The van der Waals surface area contributed by atoms with Crippen LogP contribution in [-0.2, 0) is 9.53 Å². The summed E-state index contributed by atoms with van der Waals surface area (Å²) in [5, 5.41) is 0. The van der Waals surface area contributed by atoms with Crippen molar-refractivity contribution in [1.82, 2.24) is 9.80 Å². The molecule has 4 heteroatoms. The van der Waals surface area contributed by atoms with Crippen LogP contribution in [0.2, 0.25) is 0 Å². The predicted octanol–water partition coefficient (Wildman–Crippen LogP) is -0.841. The monoisotopic (exact) mass is 170 g/mol. The smallest absolute Gasteiger partial charge is 0.324 e. The van der Waals surface area contributed by atoms with Crippen LogP contribution in [0.3, 0.4) is 0 Å². The highest BCUT2D eigenvalue weighted by Gasteiger charge is 2.36. The molecule has 0 spiro atoms. The van der Waals surface area contributed by atoms with Crippen molar-refractivity contribution in [2.75, 3.05) is 39.8 Å². The lowest BCUT2D eigenvalue weighted by Gasteiger charge is -2.45. The van der Waals surface area contributed by atoms with Crippen LogP contribution in [0.15, 0.2) is 0 Å². The van der Waals surface area contributed by atoms with Crippen molar-refractivity contribution in [1.29, 1.82) is 0 Å². The third-order valence-electron chi connectivity index (χ3n) is 2.75. The second kappa shape index (κ2) is 3.03. The highest BCUT2D eigenvalue weighted by molar-refractivity contribution is 5.76. The summed E-state index contributed by atoms with van der Waals surface area (Å²) in [6.45, 7) is 5.09. The number of carbonyl (C=O) groups excluding carboxylic acids is 1. The van der Waals surface area contributed by atoms with Crippen LogP contribution in [-0.4, -0.2) is 61.6 Å². The average Bonchev–Trinajstić information content (AvgIpc) is 2.18. The second-order valence-corrected chi connectivity index (χ2v) is 3.38. The molecule has 0 aromatic heterocycles. The van der Waals surface area contributed by atoms with Crippen LogP contribution >= 0.6 is 0 Å². The van der Waals surface area contributed by atoms with Crippen molar-refractivity contribution < 1.29 is 9.53 Å². The van der Waals surface area contributed by atoms with E-state index in [4.69, 9.17) is 4.74 Å². The summed E-state index contributed by atoms with van der Waals surface area (Å²) in [5.41, 5.74) is 0. The largest absolute Gasteiger partial charge is 0.468 e. The number of methoxy groups -OCH3 is 1. The van der Waals surface area contributed by atoms with E-state index in [1.807, 2.05) is 0 Å². The molecule has 0 radical (unpaired) electrons. The van der Waals surface area contributed by atoms with Crippen LogP contribution in [0.5, 0.6) is 0 Å². The minimum absolute atomic E-state index is 0.00231. The molecule has 0 saturated carbocycles. The van der Waals surface area contributed by atoms with Gasteiger partial charge < -0.3 is 4.74 Å². The molecule has 3 heterocycles. The van der Waals surface area contributed by atoms with Gasteiger partial charge in [0.1, 0.15) is 6.04 Å². The third kappa shape index (κ3) is 1.21. The molecule has 1 unspecified atom stereocenters. The molecule has 68 valence electrons. The van der Waals surface area contributed by atoms with E-state index in [2.05, 4.69) is 9.80 Å². The summed E-state index contributed by atoms with van der Waals surface area (Å²) in [5.74, 6) is -0.0839. The van der Waals surface area contributed by atoms with Gasteiger partial charge in [-0.2, -0.15) is 0 Å². The van der Waals surface area contributed by atoms with Crippen LogP contribution in [0.4, 0.5) is 0 Å². The molecular weight excluding hydrogens is 156 g/mol. The lowest BCUT2D eigenvalue weighted by Crippen LogP contribution is -2.63. The highest BCUT2D eigenvalue weighted by Crippen LogP contribution is 2.15. The van der Waals surface area contributed by atoms with E-state index in [-0.39, 0.29) is 12.0 Å². The van der Waals surface area contributed by atoms with Crippen molar-refractivity contribution in [3.63, 3.8) is 0 Å². The summed E-state index contributed by atoms with van der Waals surface area (Å²) >= 11 is 0. The third-order valence-corrected chi connectivity index (χ3v) is 2.75. The van der Waals surface area contributed by atoms with Gasteiger partial charge in [0, 0.05) is 32.7 Å². The zero-order valence-electron chi connectivity index (χ0n) is 7.32. The van der Waals surface area contributed by atoms with Crippen LogP contribution in [0.1, 0.15) is 0 Å². The number of nitrogens with zero attached hydrogens (tertiary/aromatic N) is 2. The Morgan fingerprint density at radius 2 is 2.00 bits per heavy atom. The molecule has 1 atom stereocenters. The Morgan fingerprint density at radius 3 is 2.42 bits per heavy atom. The number of carbonyl (C=O) groups is 1. The first kappa shape index (κ1) is 8.01. The molecule has 3 saturated heterocycles. The first-order chi connectivity index (χ1) is 5.81. The molecule has 12 heavy (non-hydrogen) atoms. The molecular formula is C8H14N2O2. The fourth-order valence-electron chi connectivity index (χ4n) is 1.98. The number of fused-ring (bicyclic) bond motifs is 3. The Bertz CT molecular complexity index is 187. The number of esters is 1. The number of piperazine rings is 3. The van der Waals surface area contributed by atoms with Crippen molar-refractivity contribution >= 4 is 5.97 Å². The zero-order valence-corrected chi connectivity index (χ0v) is 7.32. The maximum atomic E-state index is 11.3. The average molecular weight is 170 g/mol. The van der Waals surface area contributed by atoms with E-state index < -0.39 is 0 Å². The zero-order chi connectivity index (χ0) is 8.55. The fraction of sp³-hybridized carbons (Fsp3) is 0.875. The van der Waals surface area contributed by atoms with Crippen molar-refractivity contribution in [3.8, 4) is 0 Å². The topological polar surface area (TPSA) is 32.8 Å². The van der Waals surface area contributed by atoms with Gasteiger partial charge >= 0.3 is 5.97 Å². The van der Waals surface area contributed by atoms with Gasteiger partial charge in [0.15, 0.2) is 0 Å². The Labute approximate surface area is 72.1 Å². The first-order valence-electron chi connectivity index (χ1n) is 4.35. The molecule has 3 aliphatic rings. The first-order valence-corrected chi connectivity index (χ1v) is 4.35. The van der Waals surface area contributed by atoms with Crippen LogP contribution < -0.4 is 0 Å². The number of hydrogen-bond donors (Lipinski definition) is 0. The van der Waals surface area contributed by atoms with Crippen molar-refractivity contribution in [3.05, 3.63) is 0 Å². The van der Waals surface area contributed by atoms with Gasteiger partial charge in [-0.05, 0) is 0 Å². The Hall–Kier alpha value is -0.610. The molecule has 0 amide bonds. The maximum Gasteiger partial charge on any atom is 0.324 e. The SMILES string of the molecule is COC(=O)C1CN2CCN1CC2. The van der Waals surface area contributed by atoms with Gasteiger partial charge in [-0.25, -0.2) is 0 Å². The molecule has 4 nitrogen and oxygen atoms in total. The van der Waals surface area contributed by atoms with Gasteiger partial charge in [0.25, 0.3) is 0 Å². The van der Waals surface area contributed by atoms with E-state index in [9.17, 15) is 4.79 Å². The summed E-state index contributed by atoms with van der Waals surface area (Å²) in [4.78, 5) is 15.8. The fourth-order valence-corrected chi connectivity index (χ4v) is 1.98. The minimum Gasteiger partial charge on any atom is -0.468 e. The minimum atomic E-state index is -0.0839. The van der Waals surface area contributed by atoms with E-state index >= 15 is 0 Å². The standard InChI is InChI=1S/C8H14N2O2/c1-12-8(11)7-6-9-2-4-10(7)5-3-9/h7H,2-6H2,1H3. The molecule has 0 aliphatic carbocycles. The van der Waals surface area contributed by atoms with Gasteiger partial charge in [-0.1, -0.05) is 0 Å². The molecule has 3 fully saturated rings. The van der Waals surface area contributed by atoms with Crippen molar-refractivity contribution in [2.24, 2.45) is 0 Å². The Kier molecular flexibility index (Phi) is 2.02.